The second-order valence-corrected chi connectivity index (χ2v) is 14.6. The Balaban J connectivity index is 1.08. The van der Waals surface area contributed by atoms with Crippen molar-refractivity contribution >= 4 is 27.3 Å². The van der Waals surface area contributed by atoms with E-state index in [0.29, 0.717) is 51.3 Å². The zero-order valence-corrected chi connectivity index (χ0v) is 27.3. The second kappa shape index (κ2) is 14.5. The van der Waals surface area contributed by atoms with Gasteiger partial charge in [-0.1, -0.05) is 12.1 Å². The van der Waals surface area contributed by atoms with Crippen LogP contribution in [0.15, 0.2) is 71.8 Å². The number of ether oxygens (including phenoxy) is 1. The molecule has 3 heterocycles. The van der Waals surface area contributed by atoms with Gasteiger partial charge in [0.25, 0.3) is 11.8 Å². The molecule has 258 valence electrons. The van der Waals surface area contributed by atoms with E-state index in [4.69, 9.17) is 0 Å². The zero-order chi connectivity index (χ0) is 34.6. The summed E-state index contributed by atoms with van der Waals surface area (Å²) in [5.41, 5.74) is 1.94. The maximum atomic E-state index is 15.0. The second-order valence-electron chi connectivity index (χ2n) is 12.1. The van der Waals surface area contributed by atoms with Gasteiger partial charge in [-0.05, 0) is 74.4 Å². The molecule has 2 aromatic carbocycles. The maximum absolute atomic E-state index is 15.0. The van der Waals surface area contributed by atoms with E-state index in [1.165, 1.54) is 42.6 Å². The molecule has 3 aromatic rings. The Morgan fingerprint density at radius 1 is 0.958 bits per heavy atom. The fraction of sp³-hybridized carbons (Fsp3) is 0.424. The molecule has 2 aliphatic heterocycles. The number of nitrogens with one attached hydrogen (secondary N) is 1. The van der Waals surface area contributed by atoms with Crippen LogP contribution in [0, 0.1) is 0 Å². The first-order valence-corrected chi connectivity index (χ1v) is 17.1. The highest BCUT2D eigenvalue weighted by Gasteiger charge is 2.32. The standard InChI is InChI=1S/C33H37F4N5O5S/c1-22(2)48(45,46)27-10-6-25(7-11-27)41-15-17-42(18-16-41)32(44)30-12-5-24(19-38-30)31(43)39-29-13-14-40(21-28(29)34)20-23-3-8-26(9-4-23)47-33(35,36)37/h3-12,19,22,28-29H,13-18,20-21H2,1-2H3,(H,39,43)/t28-,29-/m1/s1. The normalized spacial score (nSPS) is 19.3. The summed E-state index contributed by atoms with van der Waals surface area (Å²) >= 11 is 0. The number of pyridine rings is 1. The summed E-state index contributed by atoms with van der Waals surface area (Å²) in [7, 11) is -3.36. The molecule has 0 aliphatic carbocycles. The number of piperazine rings is 1. The number of sulfone groups is 1. The average molecular weight is 692 g/mol. The van der Waals surface area contributed by atoms with Crippen LogP contribution in [-0.2, 0) is 16.4 Å². The molecule has 2 amide bonds. The van der Waals surface area contributed by atoms with E-state index in [2.05, 4.69) is 19.9 Å². The van der Waals surface area contributed by atoms with Crippen molar-refractivity contribution in [1.82, 2.24) is 20.1 Å². The van der Waals surface area contributed by atoms with E-state index in [9.17, 15) is 31.2 Å². The number of amides is 2. The Morgan fingerprint density at radius 3 is 2.19 bits per heavy atom. The lowest BCUT2D eigenvalue weighted by Gasteiger charge is -2.36. The molecule has 0 bridgehead atoms. The predicted octanol–water partition coefficient (Wildman–Crippen LogP) is 4.47. The highest BCUT2D eigenvalue weighted by atomic mass is 32.2. The lowest BCUT2D eigenvalue weighted by atomic mass is 10.0. The number of carbonyl (C=O) groups is 2. The van der Waals surface area contributed by atoms with Crippen LogP contribution >= 0.6 is 0 Å². The lowest BCUT2D eigenvalue weighted by Crippen LogP contribution is -2.52. The SMILES string of the molecule is CC(C)S(=O)(=O)c1ccc(N2CCN(C(=O)c3ccc(C(=O)N[C@@H]4CCN(Cc5ccc(OC(F)(F)F)cc5)C[C@H]4F)cn3)CC2)cc1. The maximum Gasteiger partial charge on any atom is 0.573 e. The van der Waals surface area contributed by atoms with E-state index in [1.807, 2.05) is 4.90 Å². The Morgan fingerprint density at radius 2 is 1.62 bits per heavy atom. The molecule has 10 nitrogen and oxygen atoms in total. The van der Waals surface area contributed by atoms with Crippen molar-refractivity contribution in [1.29, 1.82) is 0 Å². The van der Waals surface area contributed by atoms with Crippen molar-refractivity contribution in [3.05, 3.63) is 83.7 Å². The van der Waals surface area contributed by atoms with Crippen molar-refractivity contribution in [2.24, 2.45) is 0 Å². The highest BCUT2D eigenvalue weighted by molar-refractivity contribution is 7.92. The van der Waals surface area contributed by atoms with E-state index in [-0.39, 0.29) is 34.4 Å². The largest absolute Gasteiger partial charge is 0.573 e. The van der Waals surface area contributed by atoms with Gasteiger partial charge in [0.1, 0.15) is 17.6 Å². The molecular weight excluding hydrogens is 654 g/mol. The predicted molar refractivity (Wildman–Crippen MR) is 170 cm³/mol. The average Bonchev–Trinajstić information content (AvgIpc) is 3.06. The third-order valence-electron chi connectivity index (χ3n) is 8.47. The molecule has 2 fully saturated rings. The van der Waals surface area contributed by atoms with Crippen LogP contribution < -0.4 is 15.0 Å². The van der Waals surface area contributed by atoms with Gasteiger partial charge in [-0.15, -0.1) is 13.2 Å². The molecular formula is C33H37F4N5O5S. The van der Waals surface area contributed by atoms with E-state index in [0.717, 1.165) is 5.69 Å². The molecule has 48 heavy (non-hydrogen) atoms. The molecule has 0 unspecified atom stereocenters. The zero-order valence-electron chi connectivity index (χ0n) is 26.5. The molecule has 2 atom stereocenters. The first-order valence-electron chi connectivity index (χ1n) is 15.6. The minimum absolute atomic E-state index is 0.0378. The van der Waals surface area contributed by atoms with E-state index in [1.54, 1.807) is 43.0 Å². The number of halogens is 4. The van der Waals surface area contributed by atoms with Gasteiger partial charge in [0, 0.05) is 57.7 Å². The number of piperidine rings is 1. The molecule has 0 radical (unpaired) electrons. The fourth-order valence-electron chi connectivity index (χ4n) is 5.68. The van der Waals surface area contributed by atoms with Crippen LogP contribution in [-0.4, -0.2) is 98.1 Å². The molecule has 1 aromatic heterocycles. The molecule has 0 saturated carbocycles. The number of nitrogens with zero attached hydrogens (tertiary/aromatic N) is 4. The van der Waals surface area contributed by atoms with Crippen molar-refractivity contribution in [3.8, 4) is 5.75 Å². The molecule has 0 spiro atoms. The van der Waals surface area contributed by atoms with E-state index < -0.39 is 39.6 Å². The first kappa shape index (κ1) is 35.1. The summed E-state index contributed by atoms with van der Waals surface area (Å²) in [6.07, 6.45) is -4.52. The van der Waals surface area contributed by atoms with Crippen molar-refractivity contribution in [2.75, 3.05) is 44.2 Å². The van der Waals surface area contributed by atoms with Gasteiger partial charge in [-0.25, -0.2) is 12.8 Å². The van der Waals surface area contributed by atoms with Crippen LogP contribution in [0.3, 0.4) is 0 Å². The Hall–Kier alpha value is -4.24. The van der Waals surface area contributed by atoms with Crippen molar-refractivity contribution < 1.29 is 40.3 Å². The van der Waals surface area contributed by atoms with Gasteiger partial charge < -0.3 is 19.9 Å². The summed E-state index contributed by atoms with van der Waals surface area (Å²) in [5.74, 6) is -1.12. The van der Waals surface area contributed by atoms with Crippen LogP contribution in [0.1, 0.15) is 46.7 Å². The smallest absolute Gasteiger partial charge is 0.406 e. The van der Waals surface area contributed by atoms with Crippen LogP contribution in [0.5, 0.6) is 5.75 Å². The number of anilines is 1. The number of aromatic nitrogens is 1. The lowest BCUT2D eigenvalue weighted by molar-refractivity contribution is -0.274. The monoisotopic (exact) mass is 691 g/mol. The van der Waals surface area contributed by atoms with Crippen LogP contribution in [0.25, 0.3) is 0 Å². The van der Waals surface area contributed by atoms with Gasteiger partial charge in [0.2, 0.25) is 0 Å². The number of alkyl halides is 4. The summed E-state index contributed by atoms with van der Waals surface area (Å²) < 4.78 is 80.9. The van der Waals surface area contributed by atoms with E-state index >= 15 is 4.39 Å². The number of likely N-dealkylation sites (tertiary alicyclic amines) is 1. The Bertz CT molecular complexity index is 1680. The number of hydrogen-bond donors (Lipinski definition) is 1. The Kier molecular flexibility index (Phi) is 10.6. The number of benzene rings is 2. The van der Waals surface area contributed by atoms with Gasteiger partial charge in [-0.2, -0.15) is 0 Å². The quantitative estimate of drug-likeness (QED) is 0.328. The summed E-state index contributed by atoms with van der Waals surface area (Å²) in [4.78, 5) is 36.0. The van der Waals surface area contributed by atoms with Gasteiger partial charge in [-0.3, -0.25) is 19.5 Å². The van der Waals surface area contributed by atoms with Gasteiger partial charge in [0.15, 0.2) is 9.84 Å². The third kappa shape index (κ3) is 8.61. The van der Waals surface area contributed by atoms with Crippen LogP contribution in [0.2, 0.25) is 0 Å². The minimum atomic E-state index is -4.78. The van der Waals surface area contributed by atoms with Crippen LogP contribution in [0.4, 0.5) is 23.2 Å². The summed E-state index contributed by atoms with van der Waals surface area (Å²) in [6.45, 7) is 6.09. The first-order chi connectivity index (χ1) is 22.7. The Labute approximate surface area is 276 Å². The number of hydrogen-bond acceptors (Lipinski definition) is 8. The van der Waals surface area contributed by atoms with Crippen molar-refractivity contribution in [2.45, 2.75) is 55.5 Å². The van der Waals surface area contributed by atoms with Gasteiger partial charge in [0.05, 0.1) is 21.8 Å². The molecule has 2 saturated heterocycles. The topological polar surface area (TPSA) is 112 Å². The molecule has 1 N–H and O–H groups in total. The molecule has 5 rings (SSSR count). The fourth-order valence-corrected chi connectivity index (χ4v) is 6.74. The minimum Gasteiger partial charge on any atom is -0.406 e. The number of carbonyl (C=O) groups excluding carboxylic acids is 2. The highest BCUT2D eigenvalue weighted by Crippen LogP contribution is 2.25. The number of rotatable bonds is 9. The molecule has 2 aliphatic rings. The summed E-state index contributed by atoms with van der Waals surface area (Å²) in [5, 5.41) is 2.20. The van der Waals surface area contributed by atoms with Crippen molar-refractivity contribution in [3.63, 3.8) is 0 Å². The summed E-state index contributed by atoms with van der Waals surface area (Å²) in [6, 6.07) is 14.4. The van der Waals surface area contributed by atoms with Gasteiger partial charge >= 0.3 is 6.36 Å². The third-order valence-corrected chi connectivity index (χ3v) is 10.6. The molecule has 15 heteroatoms.